The predicted octanol–water partition coefficient (Wildman–Crippen LogP) is 1.30. The molecule has 2 heterocycles. The fourth-order valence-electron chi connectivity index (χ4n) is 2.22. The van der Waals surface area contributed by atoms with Crippen molar-refractivity contribution in [2.45, 2.75) is 25.9 Å². The monoisotopic (exact) mass is 249 g/mol. The van der Waals surface area contributed by atoms with E-state index < -0.39 is 0 Å². The molecular weight excluding hydrogens is 230 g/mol. The van der Waals surface area contributed by atoms with Crippen molar-refractivity contribution in [1.29, 1.82) is 0 Å². The summed E-state index contributed by atoms with van der Waals surface area (Å²) in [4.78, 5) is 18.0. The number of piperidine rings is 1. The van der Waals surface area contributed by atoms with Crippen LogP contribution in [0.2, 0.25) is 0 Å². The minimum Gasteiger partial charge on any atom is -0.398 e. The van der Waals surface area contributed by atoms with Gasteiger partial charge in [-0.3, -0.25) is 9.78 Å². The molecule has 2 rings (SSSR count). The van der Waals surface area contributed by atoms with Gasteiger partial charge in [0.05, 0.1) is 11.7 Å². The van der Waals surface area contributed by atoms with Gasteiger partial charge < -0.3 is 15.4 Å². The Bertz CT molecular complexity index is 414. The van der Waals surface area contributed by atoms with E-state index in [-0.39, 0.29) is 12.0 Å². The second-order valence-electron chi connectivity index (χ2n) is 4.41. The van der Waals surface area contributed by atoms with E-state index in [0.717, 1.165) is 32.5 Å². The van der Waals surface area contributed by atoms with Crippen LogP contribution in [0.25, 0.3) is 0 Å². The number of nitrogens with two attached hydrogens (primary N) is 1. The highest BCUT2D eigenvalue weighted by Gasteiger charge is 2.24. The van der Waals surface area contributed by atoms with Gasteiger partial charge in [-0.05, 0) is 25.8 Å². The summed E-state index contributed by atoms with van der Waals surface area (Å²) in [5.41, 5.74) is 6.77. The second kappa shape index (κ2) is 5.82. The van der Waals surface area contributed by atoms with Crippen LogP contribution in [0.3, 0.4) is 0 Å². The molecule has 0 radical (unpaired) electrons. The van der Waals surface area contributed by atoms with Crippen LogP contribution < -0.4 is 5.73 Å². The van der Waals surface area contributed by atoms with E-state index in [1.807, 2.05) is 11.8 Å². The standard InChI is InChI=1S/C13H19N3O2/c1-2-18-10-4-7-16(8-5-10)13(17)11-9-15-6-3-12(11)14/h3,6,9-10H,2,4-5,7-8H2,1H3,(H2,14,15). The highest BCUT2D eigenvalue weighted by Crippen LogP contribution is 2.18. The van der Waals surface area contributed by atoms with Crippen LogP contribution in [0.1, 0.15) is 30.1 Å². The van der Waals surface area contributed by atoms with Gasteiger partial charge in [0.25, 0.3) is 5.91 Å². The summed E-state index contributed by atoms with van der Waals surface area (Å²) in [6, 6.07) is 1.65. The number of carbonyl (C=O) groups is 1. The van der Waals surface area contributed by atoms with Gasteiger partial charge in [-0.15, -0.1) is 0 Å². The number of amides is 1. The van der Waals surface area contributed by atoms with Gasteiger partial charge in [-0.2, -0.15) is 0 Å². The lowest BCUT2D eigenvalue weighted by molar-refractivity contribution is 0.0146. The van der Waals surface area contributed by atoms with E-state index in [0.29, 0.717) is 11.3 Å². The van der Waals surface area contributed by atoms with Gasteiger partial charge in [0.15, 0.2) is 0 Å². The van der Waals surface area contributed by atoms with Crippen LogP contribution in [0, 0.1) is 0 Å². The van der Waals surface area contributed by atoms with Crippen LogP contribution in [-0.2, 0) is 4.74 Å². The number of hydrogen-bond acceptors (Lipinski definition) is 4. The van der Waals surface area contributed by atoms with Gasteiger partial charge in [-0.25, -0.2) is 0 Å². The van der Waals surface area contributed by atoms with Crippen molar-refractivity contribution in [2.75, 3.05) is 25.4 Å². The Morgan fingerprint density at radius 2 is 2.28 bits per heavy atom. The number of nitrogen functional groups attached to an aromatic ring is 1. The quantitative estimate of drug-likeness (QED) is 0.876. The number of aromatic nitrogens is 1. The number of hydrogen-bond donors (Lipinski definition) is 1. The van der Waals surface area contributed by atoms with Crippen molar-refractivity contribution in [3.63, 3.8) is 0 Å². The molecule has 1 amide bonds. The lowest BCUT2D eigenvalue weighted by atomic mass is 10.1. The maximum Gasteiger partial charge on any atom is 0.257 e. The van der Waals surface area contributed by atoms with Crippen molar-refractivity contribution in [2.24, 2.45) is 0 Å². The Labute approximate surface area is 107 Å². The third kappa shape index (κ3) is 2.79. The molecule has 0 spiro atoms. The van der Waals surface area contributed by atoms with Crippen LogP contribution in [0.15, 0.2) is 18.5 Å². The molecule has 98 valence electrons. The fraction of sp³-hybridized carbons (Fsp3) is 0.538. The number of anilines is 1. The van der Waals surface area contributed by atoms with Crippen LogP contribution >= 0.6 is 0 Å². The van der Waals surface area contributed by atoms with Crippen LogP contribution in [0.5, 0.6) is 0 Å². The van der Waals surface area contributed by atoms with E-state index in [4.69, 9.17) is 10.5 Å². The first-order chi connectivity index (χ1) is 8.72. The Morgan fingerprint density at radius 3 is 2.89 bits per heavy atom. The van der Waals surface area contributed by atoms with Crippen LogP contribution in [-0.4, -0.2) is 41.6 Å². The molecule has 18 heavy (non-hydrogen) atoms. The summed E-state index contributed by atoms with van der Waals surface area (Å²) in [6.45, 7) is 4.16. The van der Waals surface area contributed by atoms with Gasteiger partial charge in [-0.1, -0.05) is 0 Å². The third-order valence-corrected chi connectivity index (χ3v) is 3.22. The molecule has 1 aliphatic heterocycles. The van der Waals surface area contributed by atoms with E-state index in [1.54, 1.807) is 12.3 Å². The van der Waals surface area contributed by atoms with E-state index in [2.05, 4.69) is 4.98 Å². The van der Waals surface area contributed by atoms with Crippen LogP contribution in [0.4, 0.5) is 5.69 Å². The van der Waals surface area contributed by atoms with Crippen molar-refractivity contribution in [3.05, 3.63) is 24.0 Å². The maximum atomic E-state index is 12.3. The number of likely N-dealkylation sites (tertiary alicyclic amines) is 1. The summed E-state index contributed by atoms with van der Waals surface area (Å²) in [5, 5.41) is 0. The Kier molecular flexibility index (Phi) is 4.15. The van der Waals surface area contributed by atoms with Gasteiger partial charge in [0.2, 0.25) is 0 Å². The summed E-state index contributed by atoms with van der Waals surface area (Å²) in [5.74, 6) is -0.0319. The first-order valence-corrected chi connectivity index (χ1v) is 6.32. The summed E-state index contributed by atoms with van der Waals surface area (Å²) < 4.78 is 5.57. The molecule has 5 heteroatoms. The molecule has 1 aromatic heterocycles. The SMILES string of the molecule is CCOC1CCN(C(=O)c2cnccc2N)CC1. The highest BCUT2D eigenvalue weighted by molar-refractivity contribution is 5.98. The first-order valence-electron chi connectivity index (χ1n) is 6.32. The van der Waals surface area contributed by atoms with E-state index in [9.17, 15) is 4.79 Å². The van der Waals surface area contributed by atoms with Gasteiger partial charge in [0, 0.05) is 37.8 Å². The topological polar surface area (TPSA) is 68.5 Å². The van der Waals surface area contributed by atoms with Crippen molar-refractivity contribution in [3.8, 4) is 0 Å². The fourth-order valence-corrected chi connectivity index (χ4v) is 2.22. The molecule has 0 aliphatic carbocycles. The molecule has 0 aromatic carbocycles. The molecule has 0 atom stereocenters. The second-order valence-corrected chi connectivity index (χ2v) is 4.41. The molecular formula is C13H19N3O2. The molecule has 1 fully saturated rings. The molecule has 0 saturated carbocycles. The molecule has 5 nitrogen and oxygen atoms in total. The minimum absolute atomic E-state index is 0.0319. The zero-order chi connectivity index (χ0) is 13.0. The highest BCUT2D eigenvalue weighted by atomic mass is 16.5. The number of ether oxygens (including phenoxy) is 1. The van der Waals surface area contributed by atoms with Crippen molar-refractivity contribution >= 4 is 11.6 Å². The third-order valence-electron chi connectivity index (χ3n) is 3.22. The normalized spacial score (nSPS) is 16.8. The summed E-state index contributed by atoms with van der Waals surface area (Å²) in [6.07, 6.45) is 5.18. The predicted molar refractivity (Wildman–Crippen MR) is 69.2 cm³/mol. The van der Waals surface area contributed by atoms with Gasteiger partial charge in [0.1, 0.15) is 0 Å². The zero-order valence-electron chi connectivity index (χ0n) is 10.6. The average molecular weight is 249 g/mol. The maximum absolute atomic E-state index is 12.3. The average Bonchev–Trinajstić information content (AvgIpc) is 2.40. The van der Waals surface area contributed by atoms with Gasteiger partial charge >= 0.3 is 0 Å². The number of rotatable bonds is 3. The molecule has 1 aliphatic rings. The number of carbonyl (C=O) groups excluding carboxylic acids is 1. The van der Waals surface area contributed by atoms with E-state index >= 15 is 0 Å². The Hall–Kier alpha value is -1.62. The van der Waals surface area contributed by atoms with Crippen molar-refractivity contribution < 1.29 is 9.53 Å². The Morgan fingerprint density at radius 1 is 1.56 bits per heavy atom. The molecule has 1 saturated heterocycles. The smallest absolute Gasteiger partial charge is 0.257 e. The zero-order valence-corrected chi connectivity index (χ0v) is 10.6. The van der Waals surface area contributed by atoms with Crippen molar-refractivity contribution in [1.82, 2.24) is 9.88 Å². The van der Waals surface area contributed by atoms with E-state index in [1.165, 1.54) is 6.20 Å². The first kappa shape index (κ1) is 12.8. The summed E-state index contributed by atoms with van der Waals surface area (Å²) >= 11 is 0. The Balaban J connectivity index is 1.98. The molecule has 0 bridgehead atoms. The minimum atomic E-state index is -0.0319. The summed E-state index contributed by atoms with van der Waals surface area (Å²) in [7, 11) is 0. The largest absolute Gasteiger partial charge is 0.398 e. The molecule has 0 unspecified atom stereocenters. The molecule has 1 aromatic rings. The lowest BCUT2D eigenvalue weighted by Gasteiger charge is -2.31. The number of pyridine rings is 1. The lowest BCUT2D eigenvalue weighted by Crippen LogP contribution is -2.41. The number of nitrogens with zero attached hydrogens (tertiary/aromatic N) is 2. The molecule has 2 N–H and O–H groups in total.